The molecule has 0 radical (unpaired) electrons. The molecule has 1 aromatic carbocycles. The first kappa shape index (κ1) is 7.59. The van der Waals surface area contributed by atoms with E-state index in [4.69, 9.17) is 0 Å². The number of hydrogen-bond donors (Lipinski definition) is 1. The maximum Gasteiger partial charge on any atom is 0.126 e. The summed E-state index contributed by atoms with van der Waals surface area (Å²) < 4.78 is 13.1. The minimum absolute atomic E-state index is 0.0857. The molecule has 1 aliphatic heterocycles. The van der Waals surface area contributed by atoms with Gasteiger partial charge in [-0.2, -0.15) is 0 Å². The molecule has 0 saturated heterocycles. The van der Waals surface area contributed by atoms with Crippen molar-refractivity contribution in [3.05, 3.63) is 29.1 Å². The normalized spacial score (nSPS) is 15.2. The summed E-state index contributed by atoms with van der Waals surface area (Å²) in [6.07, 6.45) is 2.11. The highest BCUT2D eigenvalue weighted by atomic mass is 19.1. The predicted molar refractivity (Wildman–Crippen MR) is 47.9 cm³/mol. The van der Waals surface area contributed by atoms with Gasteiger partial charge >= 0.3 is 0 Å². The fourth-order valence-electron chi connectivity index (χ4n) is 1.60. The van der Waals surface area contributed by atoms with Crippen molar-refractivity contribution in [3.8, 4) is 0 Å². The van der Waals surface area contributed by atoms with Crippen LogP contribution in [-0.2, 0) is 6.42 Å². The summed E-state index contributed by atoms with van der Waals surface area (Å²) in [5, 5.41) is 3.26. The molecule has 1 N–H and O–H groups in total. The molecule has 2 rings (SSSR count). The molecule has 64 valence electrons. The third-order valence-electron chi connectivity index (χ3n) is 2.32. The molecule has 2 heteroatoms. The minimum atomic E-state index is -0.0857. The largest absolute Gasteiger partial charge is 0.385 e. The number of anilines is 1. The number of fused-ring (bicyclic) bond motifs is 1. The monoisotopic (exact) mass is 165 g/mol. The van der Waals surface area contributed by atoms with Crippen LogP contribution >= 0.6 is 0 Å². The molecular weight excluding hydrogens is 153 g/mol. The van der Waals surface area contributed by atoms with E-state index in [1.807, 2.05) is 6.07 Å². The Morgan fingerprint density at radius 3 is 3.08 bits per heavy atom. The molecule has 1 nitrogen and oxygen atoms in total. The highest BCUT2D eigenvalue weighted by Gasteiger charge is 2.10. The van der Waals surface area contributed by atoms with Gasteiger partial charge in [0.15, 0.2) is 0 Å². The van der Waals surface area contributed by atoms with Crippen LogP contribution in [0.1, 0.15) is 17.5 Å². The van der Waals surface area contributed by atoms with Gasteiger partial charge in [0.2, 0.25) is 0 Å². The lowest BCUT2D eigenvalue weighted by Crippen LogP contribution is -2.12. The Labute approximate surface area is 71.6 Å². The molecule has 1 heterocycles. The Bertz CT molecular complexity index is 276. The first-order valence-corrected chi connectivity index (χ1v) is 4.30. The topological polar surface area (TPSA) is 12.0 Å². The van der Waals surface area contributed by atoms with E-state index < -0.39 is 0 Å². The second kappa shape index (κ2) is 2.77. The molecule has 0 spiro atoms. The van der Waals surface area contributed by atoms with Crippen LogP contribution in [0.4, 0.5) is 10.1 Å². The van der Waals surface area contributed by atoms with E-state index in [-0.39, 0.29) is 5.82 Å². The summed E-state index contributed by atoms with van der Waals surface area (Å²) in [6, 6.07) is 3.54. The summed E-state index contributed by atoms with van der Waals surface area (Å²) in [5.74, 6) is -0.0857. The van der Waals surface area contributed by atoms with Gasteiger partial charge in [-0.15, -0.1) is 0 Å². The number of nitrogens with one attached hydrogen (secondary N) is 1. The van der Waals surface area contributed by atoms with Gasteiger partial charge in [-0.25, -0.2) is 4.39 Å². The Hall–Kier alpha value is -1.05. The van der Waals surface area contributed by atoms with Gasteiger partial charge in [-0.1, -0.05) is 0 Å². The maximum absolute atomic E-state index is 13.1. The van der Waals surface area contributed by atoms with Gasteiger partial charge < -0.3 is 5.32 Å². The molecule has 0 bridgehead atoms. The van der Waals surface area contributed by atoms with Crippen LogP contribution in [0.5, 0.6) is 0 Å². The van der Waals surface area contributed by atoms with Gasteiger partial charge in [0.1, 0.15) is 5.82 Å². The van der Waals surface area contributed by atoms with Crippen molar-refractivity contribution < 1.29 is 4.39 Å². The van der Waals surface area contributed by atoms with E-state index in [2.05, 4.69) is 5.32 Å². The third-order valence-corrected chi connectivity index (χ3v) is 2.32. The zero-order chi connectivity index (χ0) is 8.55. The van der Waals surface area contributed by atoms with Crippen LogP contribution in [0, 0.1) is 12.7 Å². The van der Waals surface area contributed by atoms with Crippen LogP contribution < -0.4 is 5.32 Å². The van der Waals surface area contributed by atoms with Crippen molar-refractivity contribution in [3.63, 3.8) is 0 Å². The lowest BCUT2D eigenvalue weighted by Gasteiger charge is -2.18. The second-order valence-corrected chi connectivity index (χ2v) is 3.29. The quantitative estimate of drug-likeness (QED) is 0.622. The van der Waals surface area contributed by atoms with Gasteiger partial charge in [0.25, 0.3) is 0 Å². The Kier molecular flexibility index (Phi) is 1.75. The SMILES string of the molecule is Cc1cc2c(cc1F)CCCN2. The first-order chi connectivity index (χ1) is 5.77. The second-order valence-electron chi connectivity index (χ2n) is 3.29. The van der Waals surface area contributed by atoms with E-state index in [1.54, 1.807) is 13.0 Å². The number of benzene rings is 1. The third kappa shape index (κ3) is 1.17. The molecule has 0 amide bonds. The lowest BCUT2D eigenvalue weighted by atomic mass is 10.0. The molecule has 0 saturated carbocycles. The molecule has 12 heavy (non-hydrogen) atoms. The van der Waals surface area contributed by atoms with Gasteiger partial charge in [0, 0.05) is 12.2 Å². The summed E-state index contributed by atoms with van der Waals surface area (Å²) in [7, 11) is 0. The standard InChI is InChI=1S/C10H12FN/c1-7-5-10-8(6-9(7)11)3-2-4-12-10/h5-6,12H,2-4H2,1H3. The van der Waals surface area contributed by atoms with E-state index in [0.717, 1.165) is 36.2 Å². The number of halogens is 1. The van der Waals surface area contributed by atoms with Gasteiger partial charge in [-0.3, -0.25) is 0 Å². The van der Waals surface area contributed by atoms with Crippen LogP contribution in [0.15, 0.2) is 12.1 Å². The average Bonchev–Trinajstić information content (AvgIpc) is 2.07. The van der Waals surface area contributed by atoms with Crippen molar-refractivity contribution >= 4 is 5.69 Å². The van der Waals surface area contributed by atoms with E-state index in [0.29, 0.717) is 0 Å². The molecule has 0 atom stereocenters. The van der Waals surface area contributed by atoms with E-state index in [1.165, 1.54) is 0 Å². The fraction of sp³-hybridized carbons (Fsp3) is 0.400. The molecule has 0 aliphatic carbocycles. The lowest BCUT2D eigenvalue weighted by molar-refractivity contribution is 0.614. The highest BCUT2D eigenvalue weighted by molar-refractivity contribution is 5.55. The fourth-order valence-corrected chi connectivity index (χ4v) is 1.60. The number of hydrogen-bond acceptors (Lipinski definition) is 1. The van der Waals surface area contributed by atoms with Crippen molar-refractivity contribution in [2.45, 2.75) is 19.8 Å². The van der Waals surface area contributed by atoms with Crippen LogP contribution in [-0.4, -0.2) is 6.54 Å². The average molecular weight is 165 g/mol. The molecular formula is C10H12FN. The smallest absolute Gasteiger partial charge is 0.126 e. The molecule has 0 unspecified atom stereocenters. The molecule has 0 aromatic heterocycles. The summed E-state index contributed by atoms with van der Waals surface area (Å²) in [4.78, 5) is 0. The first-order valence-electron chi connectivity index (χ1n) is 4.30. The van der Waals surface area contributed by atoms with Crippen molar-refractivity contribution in [1.82, 2.24) is 0 Å². The Morgan fingerprint density at radius 1 is 1.42 bits per heavy atom. The summed E-state index contributed by atoms with van der Waals surface area (Å²) in [5.41, 5.74) is 2.95. The molecule has 1 aromatic rings. The van der Waals surface area contributed by atoms with Crippen molar-refractivity contribution in [2.24, 2.45) is 0 Å². The highest BCUT2D eigenvalue weighted by Crippen LogP contribution is 2.24. The van der Waals surface area contributed by atoms with Crippen LogP contribution in [0.2, 0.25) is 0 Å². The predicted octanol–water partition coefficient (Wildman–Crippen LogP) is 2.49. The number of aryl methyl sites for hydroxylation is 2. The maximum atomic E-state index is 13.1. The van der Waals surface area contributed by atoms with Crippen LogP contribution in [0.3, 0.4) is 0 Å². The van der Waals surface area contributed by atoms with Gasteiger partial charge in [0.05, 0.1) is 0 Å². The van der Waals surface area contributed by atoms with E-state index >= 15 is 0 Å². The summed E-state index contributed by atoms with van der Waals surface area (Å²) in [6.45, 7) is 2.81. The van der Waals surface area contributed by atoms with Gasteiger partial charge in [-0.05, 0) is 43.0 Å². The van der Waals surface area contributed by atoms with Crippen molar-refractivity contribution in [2.75, 3.05) is 11.9 Å². The van der Waals surface area contributed by atoms with Crippen LogP contribution in [0.25, 0.3) is 0 Å². The Morgan fingerprint density at radius 2 is 2.25 bits per heavy atom. The molecule has 1 aliphatic rings. The minimum Gasteiger partial charge on any atom is -0.385 e. The molecule has 0 fully saturated rings. The zero-order valence-electron chi connectivity index (χ0n) is 7.15. The summed E-state index contributed by atoms with van der Waals surface area (Å²) >= 11 is 0. The van der Waals surface area contributed by atoms with E-state index in [9.17, 15) is 4.39 Å². The number of rotatable bonds is 0. The zero-order valence-corrected chi connectivity index (χ0v) is 7.15. The van der Waals surface area contributed by atoms with Crippen molar-refractivity contribution in [1.29, 1.82) is 0 Å². The Balaban J connectivity index is 2.49.